The van der Waals surface area contributed by atoms with Crippen LogP contribution < -0.4 is 0 Å². The fourth-order valence-corrected chi connectivity index (χ4v) is 3.77. The number of nitrogens with zero attached hydrogens (tertiary/aromatic N) is 2. The van der Waals surface area contributed by atoms with Crippen LogP contribution in [-0.4, -0.2) is 51.5 Å². The van der Waals surface area contributed by atoms with Crippen molar-refractivity contribution in [3.63, 3.8) is 0 Å². The number of hydrogen-bond acceptors (Lipinski definition) is 7. The Morgan fingerprint density at radius 2 is 1.64 bits per heavy atom. The number of nitrogens with one attached hydrogen (secondary N) is 1. The lowest BCUT2D eigenvalue weighted by Gasteiger charge is -2.12. The molecule has 1 unspecified atom stereocenters. The van der Waals surface area contributed by atoms with E-state index in [-0.39, 0.29) is 16.8 Å². The molecule has 3 rings (SSSR count). The third kappa shape index (κ3) is 4.34. The number of ketones is 2. The van der Waals surface area contributed by atoms with Crippen molar-refractivity contribution < 1.29 is 28.7 Å². The molecule has 33 heavy (non-hydrogen) atoms. The van der Waals surface area contributed by atoms with E-state index < -0.39 is 29.6 Å². The molecule has 1 atom stereocenters. The topological polar surface area (TPSA) is 120 Å². The standard InChI is InChI=1S/C24H25N3O6/c1-12-18(23(30)32-6)13(2)25-20(12)21(28)16(5)33-24(31)22(29)19-14(3)26-27(15(19)4)17-10-8-7-9-11-17/h7-11,16,25H,1-6H3. The lowest BCUT2D eigenvalue weighted by atomic mass is 10.1. The van der Waals surface area contributed by atoms with E-state index in [1.165, 1.54) is 14.0 Å². The minimum absolute atomic E-state index is 0.116. The average molecular weight is 451 g/mol. The molecular weight excluding hydrogens is 426 g/mol. The lowest BCUT2D eigenvalue weighted by Crippen LogP contribution is -2.29. The van der Waals surface area contributed by atoms with Gasteiger partial charge in [0.15, 0.2) is 6.10 Å². The van der Waals surface area contributed by atoms with Crippen LogP contribution in [0, 0.1) is 27.7 Å². The number of para-hydroxylation sites is 1. The van der Waals surface area contributed by atoms with Crippen LogP contribution in [0.5, 0.6) is 0 Å². The second kappa shape index (κ2) is 9.23. The van der Waals surface area contributed by atoms with E-state index in [9.17, 15) is 19.2 Å². The van der Waals surface area contributed by atoms with Crippen LogP contribution >= 0.6 is 0 Å². The van der Waals surface area contributed by atoms with Crippen LogP contribution in [0.15, 0.2) is 30.3 Å². The Labute approximate surface area is 190 Å². The monoisotopic (exact) mass is 451 g/mol. The second-order valence-corrected chi connectivity index (χ2v) is 7.65. The number of Topliss-reactive ketones (excluding diaryl/α,β-unsaturated/α-hetero) is 2. The number of H-pyrrole nitrogens is 1. The molecule has 0 aliphatic heterocycles. The van der Waals surface area contributed by atoms with Crippen LogP contribution in [-0.2, 0) is 14.3 Å². The number of benzene rings is 1. The van der Waals surface area contributed by atoms with Crippen LogP contribution in [0.1, 0.15) is 60.8 Å². The smallest absolute Gasteiger partial charge is 0.380 e. The second-order valence-electron chi connectivity index (χ2n) is 7.65. The Hall–Kier alpha value is -4.01. The van der Waals surface area contributed by atoms with Gasteiger partial charge >= 0.3 is 11.9 Å². The summed E-state index contributed by atoms with van der Waals surface area (Å²) in [5, 5.41) is 4.37. The maximum atomic E-state index is 12.9. The Bertz CT molecular complexity index is 1250. The predicted molar refractivity (Wildman–Crippen MR) is 119 cm³/mol. The lowest BCUT2D eigenvalue weighted by molar-refractivity contribution is -0.140. The van der Waals surface area contributed by atoms with Crippen LogP contribution in [0.3, 0.4) is 0 Å². The molecule has 0 saturated carbocycles. The Balaban J connectivity index is 1.81. The van der Waals surface area contributed by atoms with Gasteiger partial charge in [0.2, 0.25) is 5.78 Å². The molecule has 0 saturated heterocycles. The normalized spacial score (nSPS) is 11.7. The molecule has 1 N–H and O–H groups in total. The van der Waals surface area contributed by atoms with Crippen LogP contribution in [0.2, 0.25) is 0 Å². The SMILES string of the molecule is COC(=O)c1c(C)[nH]c(C(=O)C(C)OC(=O)C(=O)c2c(C)nn(-c3ccccc3)c2C)c1C. The highest BCUT2D eigenvalue weighted by Gasteiger charge is 2.31. The van der Waals surface area contributed by atoms with Gasteiger partial charge in [-0.15, -0.1) is 0 Å². The summed E-state index contributed by atoms with van der Waals surface area (Å²) in [5.41, 5.74) is 2.93. The highest BCUT2D eigenvalue weighted by Crippen LogP contribution is 2.22. The molecule has 3 aromatic rings. The fraction of sp³-hybridized carbons (Fsp3) is 0.292. The van der Waals surface area contributed by atoms with Crippen molar-refractivity contribution in [1.82, 2.24) is 14.8 Å². The third-order valence-electron chi connectivity index (χ3n) is 5.43. The molecule has 9 heteroatoms. The van der Waals surface area contributed by atoms with E-state index in [1.54, 1.807) is 32.4 Å². The van der Waals surface area contributed by atoms with Gasteiger partial charge in [0, 0.05) is 5.69 Å². The summed E-state index contributed by atoms with van der Waals surface area (Å²) in [7, 11) is 1.25. The number of ether oxygens (including phenoxy) is 2. The molecule has 0 aliphatic carbocycles. The highest BCUT2D eigenvalue weighted by molar-refractivity contribution is 6.41. The molecule has 172 valence electrons. The van der Waals surface area contributed by atoms with Gasteiger partial charge in [-0.1, -0.05) is 18.2 Å². The van der Waals surface area contributed by atoms with Gasteiger partial charge in [-0.2, -0.15) is 5.10 Å². The summed E-state index contributed by atoms with van der Waals surface area (Å²) < 4.78 is 11.5. The maximum Gasteiger partial charge on any atom is 0.380 e. The zero-order chi connectivity index (χ0) is 24.4. The van der Waals surface area contributed by atoms with Gasteiger partial charge in [-0.3, -0.25) is 9.59 Å². The van der Waals surface area contributed by atoms with Gasteiger partial charge in [-0.05, 0) is 52.3 Å². The van der Waals surface area contributed by atoms with Gasteiger partial charge in [0.1, 0.15) is 0 Å². The Morgan fingerprint density at radius 1 is 1.00 bits per heavy atom. The first-order chi connectivity index (χ1) is 15.6. The molecule has 0 amide bonds. The van der Waals surface area contributed by atoms with E-state index >= 15 is 0 Å². The minimum atomic E-state index is -1.26. The van der Waals surface area contributed by atoms with Crippen molar-refractivity contribution in [1.29, 1.82) is 0 Å². The molecule has 0 spiro atoms. The zero-order valence-corrected chi connectivity index (χ0v) is 19.3. The van der Waals surface area contributed by atoms with E-state index in [0.29, 0.717) is 22.6 Å². The van der Waals surface area contributed by atoms with Crippen LogP contribution in [0.4, 0.5) is 0 Å². The molecule has 2 heterocycles. The van der Waals surface area contributed by atoms with Crippen LogP contribution in [0.25, 0.3) is 5.69 Å². The summed E-state index contributed by atoms with van der Waals surface area (Å²) in [6.45, 7) is 7.90. The minimum Gasteiger partial charge on any atom is -0.465 e. The predicted octanol–water partition coefficient (Wildman–Crippen LogP) is 3.22. The number of rotatable bonds is 7. The fourth-order valence-electron chi connectivity index (χ4n) is 3.77. The Kier molecular flexibility index (Phi) is 6.62. The highest BCUT2D eigenvalue weighted by atomic mass is 16.6. The number of esters is 2. The van der Waals surface area contributed by atoms with E-state index in [4.69, 9.17) is 9.47 Å². The van der Waals surface area contributed by atoms with Crippen molar-refractivity contribution in [2.45, 2.75) is 40.7 Å². The molecule has 0 radical (unpaired) electrons. The van der Waals surface area contributed by atoms with E-state index in [0.717, 1.165) is 5.69 Å². The van der Waals surface area contributed by atoms with Crippen molar-refractivity contribution in [2.75, 3.05) is 7.11 Å². The van der Waals surface area contributed by atoms with E-state index in [1.807, 2.05) is 30.3 Å². The Morgan fingerprint density at radius 3 is 2.24 bits per heavy atom. The summed E-state index contributed by atoms with van der Waals surface area (Å²) in [5.74, 6) is -3.20. The van der Waals surface area contributed by atoms with E-state index in [2.05, 4.69) is 10.1 Å². The first kappa shape index (κ1) is 23.6. The first-order valence-corrected chi connectivity index (χ1v) is 10.3. The molecule has 0 fully saturated rings. The largest absolute Gasteiger partial charge is 0.465 e. The zero-order valence-electron chi connectivity index (χ0n) is 19.3. The van der Waals surface area contributed by atoms with Gasteiger partial charge < -0.3 is 14.5 Å². The summed E-state index contributed by atoms with van der Waals surface area (Å²) >= 11 is 0. The quantitative estimate of drug-likeness (QED) is 0.333. The van der Waals surface area contributed by atoms with Crippen molar-refractivity contribution >= 4 is 23.5 Å². The maximum absolute atomic E-state index is 12.9. The van der Waals surface area contributed by atoms with Gasteiger partial charge in [0.25, 0.3) is 5.78 Å². The van der Waals surface area contributed by atoms with Crippen molar-refractivity contribution in [2.24, 2.45) is 0 Å². The molecular formula is C24H25N3O6. The number of hydrogen-bond donors (Lipinski definition) is 1. The molecule has 0 bridgehead atoms. The average Bonchev–Trinajstić information content (AvgIpc) is 3.26. The third-order valence-corrected chi connectivity index (χ3v) is 5.43. The number of carbonyl (C=O) groups excluding carboxylic acids is 4. The summed E-state index contributed by atoms with van der Waals surface area (Å²) in [6.07, 6.45) is -1.26. The van der Waals surface area contributed by atoms with Gasteiger partial charge in [-0.25, -0.2) is 14.3 Å². The molecule has 2 aromatic heterocycles. The first-order valence-electron chi connectivity index (χ1n) is 10.3. The summed E-state index contributed by atoms with van der Waals surface area (Å²) in [6, 6.07) is 9.19. The van der Waals surface area contributed by atoms with Crippen molar-refractivity contribution in [3.05, 3.63) is 69.8 Å². The number of aromatic nitrogens is 3. The molecule has 9 nitrogen and oxygen atoms in total. The number of carbonyl (C=O) groups is 4. The van der Waals surface area contributed by atoms with Crippen molar-refractivity contribution in [3.8, 4) is 5.69 Å². The molecule has 0 aliphatic rings. The number of methoxy groups -OCH3 is 1. The number of aromatic amines is 1. The number of aryl methyl sites for hydroxylation is 2. The van der Waals surface area contributed by atoms with Gasteiger partial charge in [0.05, 0.1) is 41.0 Å². The molecule has 1 aromatic carbocycles. The summed E-state index contributed by atoms with van der Waals surface area (Å²) in [4.78, 5) is 53.2.